The summed E-state index contributed by atoms with van der Waals surface area (Å²) in [4.78, 5) is 0. The molecule has 2 N–H and O–H groups in total. The number of sulfonamides is 1. The van der Waals surface area contributed by atoms with Crippen LogP contribution in [0.1, 0.15) is 41.6 Å². The molecule has 2 fully saturated rings. The number of nitrogens with one attached hydrogen (secondary N) is 2. The van der Waals surface area contributed by atoms with Crippen LogP contribution in [-0.2, 0) is 16.6 Å². The lowest BCUT2D eigenvalue weighted by Gasteiger charge is -2.35. The first-order chi connectivity index (χ1) is 8.99. The van der Waals surface area contributed by atoms with Crippen LogP contribution in [0.2, 0.25) is 0 Å². The van der Waals surface area contributed by atoms with E-state index in [9.17, 15) is 8.42 Å². The maximum atomic E-state index is 11.0. The van der Waals surface area contributed by atoms with Crippen molar-refractivity contribution in [3.05, 3.63) is 10.0 Å². The Labute approximate surface area is 117 Å². The summed E-state index contributed by atoms with van der Waals surface area (Å²) in [5, 5.41) is 14.0. The van der Waals surface area contributed by atoms with Crippen LogP contribution >= 0.6 is 11.3 Å². The number of hydrogen-bond acceptors (Lipinski definition) is 6. The Morgan fingerprint density at radius 1 is 1.26 bits per heavy atom. The first-order valence-corrected chi connectivity index (χ1v) is 9.23. The standard InChI is InChI=1S/C11H18N4O2S2/c1-19(16,17)15-9-4-8(5-9)12-6-10-13-14-11(18-10)7-2-3-7/h7-9,12,15H,2-6H2,1H3. The molecule has 2 saturated carbocycles. The first-order valence-electron chi connectivity index (χ1n) is 6.52. The molecule has 0 radical (unpaired) electrons. The SMILES string of the molecule is CS(=O)(=O)NC1CC(NCc2nnc(C3CC3)s2)C1. The highest BCUT2D eigenvalue weighted by molar-refractivity contribution is 7.88. The van der Waals surface area contributed by atoms with Gasteiger partial charge in [-0.15, -0.1) is 10.2 Å². The maximum absolute atomic E-state index is 11.0. The van der Waals surface area contributed by atoms with E-state index in [1.165, 1.54) is 24.1 Å². The molecular weight excluding hydrogens is 284 g/mol. The normalized spacial score (nSPS) is 27.2. The molecule has 0 aromatic carbocycles. The molecule has 106 valence electrons. The molecule has 1 heterocycles. The van der Waals surface area contributed by atoms with Crippen molar-refractivity contribution >= 4 is 21.4 Å². The van der Waals surface area contributed by atoms with Gasteiger partial charge in [-0.05, 0) is 25.7 Å². The molecule has 2 aliphatic rings. The Kier molecular flexibility index (Phi) is 3.59. The fraction of sp³-hybridized carbons (Fsp3) is 0.818. The summed E-state index contributed by atoms with van der Waals surface area (Å²) in [5.74, 6) is 0.665. The van der Waals surface area contributed by atoms with Gasteiger partial charge in [0, 0.05) is 24.5 Å². The molecule has 3 rings (SSSR count). The van der Waals surface area contributed by atoms with E-state index in [2.05, 4.69) is 20.2 Å². The summed E-state index contributed by atoms with van der Waals surface area (Å²) in [6.45, 7) is 0.737. The third kappa shape index (κ3) is 3.71. The molecule has 19 heavy (non-hydrogen) atoms. The van der Waals surface area contributed by atoms with Gasteiger partial charge < -0.3 is 5.32 Å². The van der Waals surface area contributed by atoms with Crippen LogP contribution < -0.4 is 10.0 Å². The van der Waals surface area contributed by atoms with E-state index in [0.717, 1.165) is 24.4 Å². The monoisotopic (exact) mass is 302 g/mol. The molecule has 0 spiro atoms. The lowest BCUT2D eigenvalue weighted by molar-refractivity contribution is 0.273. The summed E-state index contributed by atoms with van der Waals surface area (Å²) in [6, 6.07) is 0.469. The highest BCUT2D eigenvalue weighted by Crippen LogP contribution is 2.41. The Balaban J connectivity index is 1.39. The molecule has 0 saturated heterocycles. The second-order valence-electron chi connectivity index (χ2n) is 5.44. The fourth-order valence-corrected chi connectivity index (χ4v) is 4.01. The zero-order chi connectivity index (χ0) is 13.5. The number of rotatable bonds is 6. The zero-order valence-corrected chi connectivity index (χ0v) is 12.4. The molecular formula is C11H18N4O2S2. The van der Waals surface area contributed by atoms with Gasteiger partial charge in [0.1, 0.15) is 10.0 Å². The lowest BCUT2D eigenvalue weighted by Crippen LogP contribution is -2.51. The molecule has 0 aliphatic heterocycles. The molecule has 1 aromatic heterocycles. The van der Waals surface area contributed by atoms with E-state index in [1.54, 1.807) is 11.3 Å². The van der Waals surface area contributed by atoms with E-state index in [4.69, 9.17) is 0 Å². The van der Waals surface area contributed by atoms with Crippen LogP contribution in [0.4, 0.5) is 0 Å². The van der Waals surface area contributed by atoms with Crippen LogP contribution in [0.25, 0.3) is 0 Å². The number of nitrogens with zero attached hydrogens (tertiary/aromatic N) is 2. The van der Waals surface area contributed by atoms with Crippen LogP contribution in [-0.4, -0.2) is 37.0 Å². The second-order valence-corrected chi connectivity index (χ2v) is 8.32. The van der Waals surface area contributed by atoms with Gasteiger partial charge in [-0.3, -0.25) is 0 Å². The van der Waals surface area contributed by atoms with E-state index in [0.29, 0.717) is 12.0 Å². The van der Waals surface area contributed by atoms with E-state index >= 15 is 0 Å². The van der Waals surface area contributed by atoms with Gasteiger partial charge >= 0.3 is 0 Å². The van der Waals surface area contributed by atoms with Crippen molar-refractivity contribution in [1.82, 2.24) is 20.2 Å². The highest BCUT2D eigenvalue weighted by Gasteiger charge is 2.31. The quantitative estimate of drug-likeness (QED) is 0.803. The van der Waals surface area contributed by atoms with Crippen molar-refractivity contribution in [3.8, 4) is 0 Å². The molecule has 0 atom stereocenters. The third-order valence-corrected chi connectivity index (χ3v) is 5.32. The molecule has 1 aromatic rings. The minimum atomic E-state index is -3.07. The Morgan fingerprint density at radius 3 is 2.63 bits per heavy atom. The third-order valence-electron chi connectivity index (χ3n) is 3.47. The number of aromatic nitrogens is 2. The summed E-state index contributed by atoms with van der Waals surface area (Å²) < 4.78 is 24.7. The average molecular weight is 302 g/mol. The van der Waals surface area contributed by atoms with Crippen molar-refractivity contribution in [3.63, 3.8) is 0 Å². The molecule has 8 heteroatoms. The molecule has 0 unspecified atom stereocenters. The zero-order valence-electron chi connectivity index (χ0n) is 10.8. The minimum Gasteiger partial charge on any atom is -0.307 e. The molecule has 0 bridgehead atoms. The van der Waals surface area contributed by atoms with Gasteiger partial charge in [-0.2, -0.15) is 0 Å². The predicted molar refractivity (Wildman–Crippen MR) is 73.5 cm³/mol. The largest absolute Gasteiger partial charge is 0.307 e. The van der Waals surface area contributed by atoms with Crippen molar-refractivity contribution in [2.75, 3.05) is 6.26 Å². The Morgan fingerprint density at radius 2 is 2.00 bits per heavy atom. The van der Waals surface area contributed by atoms with Gasteiger partial charge in [-0.1, -0.05) is 11.3 Å². The van der Waals surface area contributed by atoms with E-state index in [-0.39, 0.29) is 6.04 Å². The smallest absolute Gasteiger partial charge is 0.208 e. The van der Waals surface area contributed by atoms with Crippen molar-refractivity contribution in [2.45, 2.75) is 50.2 Å². The molecule has 6 nitrogen and oxygen atoms in total. The summed E-state index contributed by atoms with van der Waals surface area (Å²) >= 11 is 1.69. The van der Waals surface area contributed by atoms with Crippen molar-refractivity contribution < 1.29 is 8.42 Å². The summed E-state index contributed by atoms with van der Waals surface area (Å²) in [7, 11) is -3.07. The maximum Gasteiger partial charge on any atom is 0.208 e. The van der Waals surface area contributed by atoms with Gasteiger partial charge in [0.15, 0.2) is 0 Å². The second kappa shape index (κ2) is 5.08. The van der Waals surface area contributed by atoms with Gasteiger partial charge in [0.25, 0.3) is 0 Å². The summed E-state index contributed by atoms with van der Waals surface area (Å²) in [6.07, 6.45) is 5.41. The van der Waals surface area contributed by atoms with E-state index < -0.39 is 10.0 Å². The van der Waals surface area contributed by atoms with Gasteiger partial charge in [0.2, 0.25) is 10.0 Å². The van der Waals surface area contributed by atoms with Crippen LogP contribution in [0.3, 0.4) is 0 Å². The topological polar surface area (TPSA) is 84.0 Å². The van der Waals surface area contributed by atoms with Gasteiger partial charge in [0.05, 0.1) is 6.26 Å². The number of hydrogen-bond donors (Lipinski definition) is 2. The average Bonchev–Trinajstić information content (AvgIpc) is 3.00. The van der Waals surface area contributed by atoms with Crippen LogP contribution in [0.5, 0.6) is 0 Å². The Hall–Kier alpha value is -0.570. The van der Waals surface area contributed by atoms with Crippen LogP contribution in [0.15, 0.2) is 0 Å². The molecule has 0 amide bonds. The first kappa shape index (κ1) is 13.4. The summed E-state index contributed by atoms with van der Waals surface area (Å²) in [5.41, 5.74) is 0. The van der Waals surface area contributed by atoms with Crippen molar-refractivity contribution in [1.29, 1.82) is 0 Å². The molecule has 2 aliphatic carbocycles. The Bertz CT molecular complexity index is 547. The van der Waals surface area contributed by atoms with E-state index in [1.807, 2.05) is 0 Å². The van der Waals surface area contributed by atoms with Crippen molar-refractivity contribution in [2.24, 2.45) is 0 Å². The highest BCUT2D eigenvalue weighted by atomic mass is 32.2. The fourth-order valence-electron chi connectivity index (χ4n) is 2.25. The lowest BCUT2D eigenvalue weighted by atomic mass is 9.88. The minimum absolute atomic E-state index is 0.0870. The predicted octanol–water partition coefficient (Wildman–Crippen LogP) is 0.585. The van der Waals surface area contributed by atoms with Gasteiger partial charge in [-0.25, -0.2) is 13.1 Å². The van der Waals surface area contributed by atoms with Crippen LogP contribution in [0, 0.1) is 0 Å².